The van der Waals surface area contributed by atoms with Crippen molar-refractivity contribution >= 4 is 0 Å². The lowest BCUT2D eigenvalue weighted by Gasteiger charge is -2.26. The molecule has 1 rings (SSSR count). The monoisotopic (exact) mass is 214 g/mol. The van der Waals surface area contributed by atoms with E-state index in [1.807, 2.05) is 6.92 Å². The van der Waals surface area contributed by atoms with Crippen LogP contribution in [-0.2, 0) is 0 Å². The van der Waals surface area contributed by atoms with Crippen LogP contribution in [0, 0.1) is 0 Å². The van der Waals surface area contributed by atoms with Crippen LogP contribution in [0.3, 0.4) is 0 Å². The number of nitrogens with zero attached hydrogens (tertiary/aromatic N) is 1. The van der Waals surface area contributed by atoms with E-state index in [-0.39, 0.29) is 0 Å². The van der Waals surface area contributed by atoms with Crippen molar-refractivity contribution in [3.8, 4) is 0 Å². The standard InChI is InChI=1S/C12H26N2O/c1-3-11-6-4-8-14(11)9-5-7-12(2,15)10-13/h11,15H,3-10,13H2,1-2H3. The van der Waals surface area contributed by atoms with Gasteiger partial charge < -0.3 is 15.7 Å². The maximum Gasteiger partial charge on any atom is 0.0741 e. The van der Waals surface area contributed by atoms with Crippen LogP contribution in [0.1, 0.15) is 46.0 Å². The molecule has 0 aliphatic carbocycles. The first-order valence-corrected chi connectivity index (χ1v) is 6.25. The molecule has 0 bridgehead atoms. The molecule has 2 atom stereocenters. The van der Waals surface area contributed by atoms with Crippen LogP contribution < -0.4 is 5.73 Å². The van der Waals surface area contributed by atoms with E-state index in [0.717, 1.165) is 25.4 Å². The highest BCUT2D eigenvalue weighted by molar-refractivity contribution is 4.79. The molecule has 1 aliphatic rings. The van der Waals surface area contributed by atoms with Gasteiger partial charge in [0.05, 0.1) is 5.60 Å². The Bertz CT molecular complexity index is 182. The molecule has 0 radical (unpaired) electrons. The molecule has 3 N–H and O–H groups in total. The molecule has 15 heavy (non-hydrogen) atoms. The summed E-state index contributed by atoms with van der Waals surface area (Å²) in [5, 5.41) is 9.78. The van der Waals surface area contributed by atoms with E-state index >= 15 is 0 Å². The van der Waals surface area contributed by atoms with Gasteiger partial charge in [0.2, 0.25) is 0 Å². The average molecular weight is 214 g/mol. The van der Waals surface area contributed by atoms with Gasteiger partial charge in [-0.05, 0) is 52.1 Å². The molecular formula is C12H26N2O. The molecule has 1 fully saturated rings. The van der Waals surface area contributed by atoms with Crippen LogP contribution >= 0.6 is 0 Å². The third kappa shape index (κ3) is 4.09. The highest BCUT2D eigenvalue weighted by Crippen LogP contribution is 2.21. The van der Waals surface area contributed by atoms with Crippen molar-refractivity contribution in [1.29, 1.82) is 0 Å². The van der Waals surface area contributed by atoms with E-state index in [9.17, 15) is 5.11 Å². The van der Waals surface area contributed by atoms with Crippen LogP contribution in [0.2, 0.25) is 0 Å². The number of hydrogen-bond donors (Lipinski definition) is 2. The molecule has 0 aromatic carbocycles. The fraction of sp³-hybridized carbons (Fsp3) is 1.00. The zero-order valence-corrected chi connectivity index (χ0v) is 10.2. The van der Waals surface area contributed by atoms with Gasteiger partial charge in [0, 0.05) is 12.6 Å². The minimum atomic E-state index is -0.665. The summed E-state index contributed by atoms with van der Waals surface area (Å²) in [6.07, 6.45) is 5.82. The normalized spacial score (nSPS) is 26.8. The van der Waals surface area contributed by atoms with Gasteiger partial charge in [-0.3, -0.25) is 0 Å². The van der Waals surface area contributed by atoms with Crippen molar-refractivity contribution in [2.45, 2.75) is 57.6 Å². The molecule has 0 aromatic rings. The van der Waals surface area contributed by atoms with Gasteiger partial charge in [-0.25, -0.2) is 0 Å². The molecule has 0 spiro atoms. The lowest BCUT2D eigenvalue weighted by Crippen LogP contribution is -2.36. The molecule has 1 saturated heterocycles. The summed E-state index contributed by atoms with van der Waals surface area (Å²) in [6, 6.07) is 0.785. The zero-order chi connectivity index (χ0) is 11.3. The fourth-order valence-corrected chi connectivity index (χ4v) is 2.42. The summed E-state index contributed by atoms with van der Waals surface area (Å²) >= 11 is 0. The minimum Gasteiger partial charge on any atom is -0.389 e. The smallest absolute Gasteiger partial charge is 0.0741 e. The molecule has 1 heterocycles. The zero-order valence-electron chi connectivity index (χ0n) is 10.2. The summed E-state index contributed by atoms with van der Waals surface area (Å²) in [6.45, 7) is 6.81. The topological polar surface area (TPSA) is 49.5 Å². The third-order valence-corrected chi connectivity index (χ3v) is 3.57. The Labute approximate surface area is 93.6 Å². The van der Waals surface area contributed by atoms with Crippen LogP contribution in [0.15, 0.2) is 0 Å². The Kier molecular flexibility index (Phi) is 5.03. The highest BCUT2D eigenvalue weighted by Gasteiger charge is 2.23. The summed E-state index contributed by atoms with van der Waals surface area (Å²) in [5.74, 6) is 0. The summed E-state index contributed by atoms with van der Waals surface area (Å²) < 4.78 is 0. The van der Waals surface area contributed by atoms with Crippen molar-refractivity contribution in [3.05, 3.63) is 0 Å². The minimum absolute atomic E-state index is 0.365. The van der Waals surface area contributed by atoms with Crippen LogP contribution in [0.4, 0.5) is 0 Å². The van der Waals surface area contributed by atoms with Crippen molar-refractivity contribution < 1.29 is 5.11 Å². The maximum atomic E-state index is 9.78. The molecule has 90 valence electrons. The lowest BCUT2D eigenvalue weighted by atomic mass is 10.0. The number of hydrogen-bond acceptors (Lipinski definition) is 3. The lowest BCUT2D eigenvalue weighted by molar-refractivity contribution is 0.0538. The first kappa shape index (κ1) is 12.9. The molecule has 3 heteroatoms. The first-order valence-electron chi connectivity index (χ1n) is 6.25. The molecule has 0 amide bonds. The van der Waals surface area contributed by atoms with Gasteiger partial charge >= 0.3 is 0 Å². The van der Waals surface area contributed by atoms with E-state index in [4.69, 9.17) is 5.73 Å². The number of likely N-dealkylation sites (tertiary alicyclic amines) is 1. The molecule has 3 nitrogen and oxygen atoms in total. The van der Waals surface area contributed by atoms with Gasteiger partial charge in [0.1, 0.15) is 0 Å². The second-order valence-corrected chi connectivity index (χ2v) is 5.04. The van der Waals surface area contributed by atoms with Crippen molar-refractivity contribution in [2.75, 3.05) is 19.6 Å². The Balaban J connectivity index is 2.19. The van der Waals surface area contributed by atoms with Gasteiger partial charge in [0.25, 0.3) is 0 Å². The second kappa shape index (κ2) is 5.83. The summed E-state index contributed by atoms with van der Waals surface area (Å²) in [5.41, 5.74) is 4.83. The summed E-state index contributed by atoms with van der Waals surface area (Å²) in [7, 11) is 0. The molecule has 1 aliphatic heterocycles. The Morgan fingerprint density at radius 3 is 2.87 bits per heavy atom. The fourth-order valence-electron chi connectivity index (χ4n) is 2.42. The largest absolute Gasteiger partial charge is 0.389 e. The van der Waals surface area contributed by atoms with E-state index in [2.05, 4.69) is 11.8 Å². The van der Waals surface area contributed by atoms with Crippen LogP contribution in [-0.4, -0.2) is 41.3 Å². The van der Waals surface area contributed by atoms with Gasteiger partial charge in [-0.2, -0.15) is 0 Å². The van der Waals surface area contributed by atoms with E-state index in [1.165, 1.54) is 25.8 Å². The van der Waals surface area contributed by atoms with Crippen LogP contribution in [0.5, 0.6) is 0 Å². The first-order chi connectivity index (χ1) is 7.09. The second-order valence-electron chi connectivity index (χ2n) is 5.04. The molecule has 0 aromatic heterocycles. The van der Waals surface area contributed by atoms with Crippen LogP contribution in [0.25, 0.3) is 0 Å². The Hall–Kier alpha value is -0.120. The molecule has 0 saturated carbocycles. The van der Waals surface area contributed by atoms with Crippen molar-refractivity contribution in [1.82, 2.24) is 4.90 Å². The average Bonchev–Trinajstić information content (AvgIpc) is 2.65. The predicted octanol–water partition coefficient (Wildman–Crippen LogP) is 1.35. The Morgan fingerprint density at radius 2 is 2.27 bits per heavy atom. The van der Waals surface area contributed by atoms with E-state index in [1.54, 1.807) is 0 Å². The third-order valence-electron chi connectivity index (χ3n) is 3.57. The number of rotatable bonds is 6. The predicted molar refractivity (Wildman–Crippen MR) is 63.8 cm³/mol. The molecular weight excluding hydrogens is 188 g/mol. The van der Waals surface area contributed by atoms with Crippen molar-refractivity contribution in [2.24, 2.45) is 5.73 Å². The van der Waals surface area contributed by atoms with E-state index in [0.29, 0.717) is 6.54 Å². The van der Waals surface area contributed by atoms with E-state index < -0.39 is 5.60 Å². The molecule has 2 unspecified atom stereocenters. The Morgan fingerprint density at radius 1 is 1.53 bits per heavy atom. The SMILES string of the molecule is CCC1CCCN1CCCC(C)(O)CN. The van der Waals surface area contributed by atoms with Crippen molar-refractivity contribution in [3.63, 3.8) is 0 Å². The number of aliphatic hydroxyl groups is 1. The quantitative estimate of drug-likeness (QED) is 0.702. The van der Waals surface area contributed by atoms with Gasteiger partial charge in [0.15, 0.2) is 0 Å². The number of nitrogens with two attached hydrogens (primary N) is 1. The summed E-state index contributed by atoms with van der Waals surface area (Å²) in [4.78, 5) is 2.56. The highest BCUT2D eigenvalue weighted by atomic mass is 16.3. The van der Waals surface area contributed by atoms with Gasteiger partial charge in [-0.15, -0.1) is 0 Å². The maximum absolute atomic E-state index is 9.78. The van der Waals surface area contributed by atoms with Gasteiger partial charge in [-0.1, -0.05) is 6.92 Å².